The van der Waals surface area contributed by atoms with Gasteiger partial charge in [0.25, 0.3) is 0 Å². The molecule has 0 unspecified atom stereocenters. The van der Waals surface area contributed by atoms with Crippen LogP contribution in [0.2, 0.25) is 0 Å². The van der Waals surface area contributed by atoms with Gasteiger partial charge in [0.15, 0.2) is 0 Å². The average molecular weight is 216 g/mol. The van der Waals surface area contributed by atoms with Crippen LogP contribution in [-0.4, -0.2) is 14.8 Å². The molecule has 0 aliphatic heterocycles. The second-order valence-electron chi connectivity index (χ2n) is 3.84. The number of hydrogen-bond acceptors (Lipinski definition) is 3. The fourth-order valence-corrected chi connectivity index (χ4v) is 1.56. The molecule has 0 aromatic carbocycles. The van der Waals surface area contributed by atoms with Crippen LogP contribution in [0.3, 0.4) is 0 Å². The van der Waals surface area contributed by atoms with Crippen LogP contribution in [0.4, 0.5) is 0 Å². The van der Waals surface area contributed by atoms with E-state index in [2.05, 4.69) is 28.4 Å². The summed E-state index contributed by atoms with van der Waals surface area (Å²) in [6.07, 6.45) is 5.57. The van der Waals surface area contributed by atoms with Gasteiger partial charge in [-0.2, -0.15) is 5.10 Å². The van der Waals surface area contributed by atoms with Gasteiger partial charge in [-0.05, 0) is 18.6 Å². The molecule has 2 aromatic rings. The van der Waals surface area contributed by atoms with E-state index in [0.29, 0.717) is 0 Å². The Hall–Kier alpha value is -1.68. The molecule has 0 aliphatic carbocycles. The molecule has 0 bridgehead atoms. The quantitative estimate of drug-likeness (QED) is 0.840. The smallest absolute Gasteiger partial charge is 0.0537 e. The monoisotopic (exact) mass is 216 g/mol. The van der Waals surface area contributed by atoms with Gasteiger partial charge in [-0.1, -0.05) is 6.07 Å². The molecule has 84 valence electrons. The van der Waals surface area contributed by atoms with Crippen molar-refractivity contribution in [2.24, 2.45) is 7.05 Å². The SMILES string of the molecule is Cc1c(CNCc2cccnc2)cnn1C. The van der Waals surface area contributed by atoms with Crippen molar-refractivity contribution < 1.29 is 0 Å². The lowest BCUT2D eigenvalue weighted by atomic mass is 10.2. The largest absolute Gasteiger partial charge is 0.308 e. The van der Waals surface area contributed by atoms with Crippen molar-refractivity contribution in [3.63, 3.8) is 0 Å². The van der Waals surface area contributed by atoms with Crippen molar-refractivity contribution in [1.29, 1.82) is 0 Å². The Bertz CT molecular complexity index is 447. The molecule has 2 rings (SSSR count). The molecule has 0 amide bonds. The van der Waals surface area contributed by atoms with Gasteiger partial charge in [-0.3, -0.25) is 9.67 Å². The lowest BCUT2D eigenvalue weighted by molar-refractivity contribution is 0.683. The van der Waals surface area contributed by atoms with Crippen molar-refractivity contribution in [2.75, 3.05) is 0 Å². The second kappa shape index (κ2) is 4.90. The van der Waals surface area contributed by atoms with E-state index in [9.17, 15) is 0 Å². The molecule has 4 heteroatoms. The highest BCUT2D eigenvalue weighted by Gasteiger charge is 2.02. The summed E-state index contributed by atoms with van der Waals surface area (Å²) in [5, 5.41) is 7.58. The number of pyridine rings is 1. The van der Waals surface area contributed by atoms with Crippen LogP contribution < -0.4 is 5.32 Å². The van der Waals surface area contributed by atoms with E-state index in [1.165, 1.54) is 16.8 Å². The highest BCUT2D eigenvalue weighted by atomic mass is 15.3. The van der Waals surface area contributed by atoms with Crippen molar-refractivity contribution in [2.45, 2.75) is 20.0 Å². The van der Waals surface area contributed by atoms with Gasteiger partial charge < -0.3 is 5.32 Å². The summed E-state index contributed by atoms with van der Waals surface area (Å²) in [7, 11) is 1.96. The normalized spacial score (nSPS) is 10.6. The fourth-order valence-electron chi connectivity index (χ4n) is 1.56. The van der Waals surface area contributed by atoms with E-state index in [0.717, 1.165) is 13.1 Å². The molecule has 2 heterocycles. The molecule has 16 heavy (non-hydrogen) atoms. The number of rotatable bonds is 4. The Labute approximate surface area is 95.3 Å². The summed E-state index contributed by atoms with van der Waals surface area (Å²) in [5.74, 6) is 0. The Morgan fingerprint density at radius 2 is 2.19 bits per heavy atom. The van der Waals surface area contributed by atoms with Crippen LogP contribution in [0.15, 0.2) is 30.7 Å². The molecule has 0 saturated carbocycles. The Morgan fingerprint density at radius 3 is 2.81 bits per heavy atom. The summed E-state index contributed by atoms with van der Waals surface area (Å²) in [5.41, 5.74) is 3.65. The average Bonchev–Trinajstić information content (AvgIpc) is 2.62. The van der Waals surface area contributed by atoms with Crippen LogP contribution in [0.1, 0.15) is 16.8 Å². The second-order valence-corrected chi connectivity index (χ2v) is 3.84. The van der Waals surface area contributed by atoms with E-state index in [4.69, 9.17) is 0 Å². The summed E-state index contributed by atoms with van der Waals surface area (Å²) in [6, 6.07) is 4.02. The Kier molecular flexibility index (Phi) is 3.31. The molecular weight excluding hydrogens is 200 g/mol. The summed E-state index contributed by atoms with van der Waals surface area (Å²) < 4.78 is 1.89. The van der Waals surface area contributed by atoms with Crippen LogP contribution in [0, 0.1) is 6.92 Å². The summed E-state index contributed by atoms with van der Waals surface area (Å²) in [6.45, 7) is 3.75. The maximum absolute atomic E-state index is 4.21. The van der Waals surface area contributed by atoms with Gasteiger partial charge in [0.05, 0.1) is 6.20 Å². The zero-order valence-electron chi connectivity index (χ0n) is 9.64. The first-order valence-corrected chi connectivity index (χ1v) is 5.34. The van der Waals surface area contributed by atoms with Gasteiger partial charge in [-0.25, -0.2) is 0 Å². The van der Waals surface area contributed by atoms with Gasteiger partial charge >= 0.3 is 0 Å². The summed E-state index contributed by atoms with van der Waals surface area (Å²) in [4.78, 5) is 4.08. The van der Waals surface area contributed by atoms with Crippen molar-refractivity contribution in [3.05, 3.63) is 47.5 Å². The maximum Gasteiger partial charge on any atom is 0.0537 e. The third-order valence-electron chi connectivity index (χ3n) is 2.70. The van der Waals surface area contributed by atoms with Gasteiger partial charge in [0, 0.05) is 43.8 Å². The van der Waals surface area contributed by atoms with Crippen LogP contribution in [0.5, 0.6) is 0 Å². The number of nitrogens with zero attached hydrogens (tertiary/aromatic N) is 3. The standard InChI is InChI=1S/C12H16N4/c1-10-12(9-15-16(10)2)8-14-7-11-4-3-5-13-6-11/h3-6,9,14H,7-8H2,1-2H3. The minimum atomic E-state index is 0.835. The van der Waals surface area contributed by atoms with Gasteiger partial charge in [0.2, 0.25) is 0 Å². The number of aryl methyl sites for hydroxylation is 1. The molecule has 0 aliphatic rings. The predicted octanol–water partition coefficient (Wildman–Crippen LogP) is 1.41. The zero-order chi connectivity index (χ0) is 11.4. The molecule has 0 radical (unpaired) electrons. The number of hydrogen-bond donors (Lipinski definition) is 1. The highest BCUT2D eigenvalue weighted by molar-refractivity contribution is 5.16. The lowest BCUT2D eigenvalue weighted by Crippen LogP contribution is -2.13. The highest BCUT2D eigenvalue weighted by Crippen LogP contribution is 2.05. The van der Waals surface area contributed by atoms with Gasteiger partial charge in [0.1, 0.15) is 0 Å². The lowest BCUT2D eigenvalue weighted by Gasteiger charge is -2.04. The molecule has 0 spiro atoms. The minimum Gasteiger partial charge on any atom is -0.308 e. The summed E-state index contributed by atoms with van der Waals surface area (Å²) >= 11 is 0. The van der Waals surface area contributed by atoms with Crippen molar-refractivity contribution >= 4 is 0 Å². The number of aromatic nitrogens is 3. The van der Waals surface area contributed by atoms with Crippen LogP contribution in [0.25, 0.3) is 0 Å². The number of nitrogens with one attached hydrogen (secondary N) is 1. The maximum atomic E-state index is 4.21. The van der Waals surface area contributed by atoms with Crippen LogP contribution >= 0.6 is 0 Å². The topological polar surface area (TPSA) is 42.7 Å². The Balaban J connectivity index is 1.87. The first-order valence-electron chi connectivity index (χ1n) is 5.34. The van der Waals surface area contributed by atoms with E-state index in [1.807, 2.05) is 30.2 Å². The van der Waals surface area contributed by atoms with E-state index < -0.39 is 0 Å². The predicted molar refractivity (Wildman–Crippen MR) is 62.7 cm³/mol. The minimum absolute atomic E-state index is 0.835. The van der Waals surface area contributed by atoms with Gasteiger partial charge in [-0.15, -0.1) is 0 Å². The van der Waals surface area contributed by atoms with Crippen LogP contribution in [-0.2, 0) is 20.1 Å². The first-order chi connectivity index (χ1) is 7.77. The zero-order valence-corrected chi connectivity index (χ0v) is 9.64. The first kappa shape index (κ1) is 10.8. The fraction of sp³-hybridized carbons (Fsp3) is 0.333. The van der Waals surface area contributed by atoms with E-state index in [1.54, 1.807) is 6.20 Å². The molecule has 0 saturated heterocycles. The molecular formula is C12H16N4. The van der Waals surface area contributed by atoms with E-state index >= 15 is 0 Å². The van der Waals surface area contributed by atoms with E-state index in [-0.39, 0.29) is 0 Å². The van der Waals surface area contributed by atoms with Crippen molar-refractivity contribution in [1.82, 2.24) is 20.1 Å². The third-order valence-corrected chi connectivity index (χ3v) is 2.70. The molecule has 0 atom stereocenters. The molecule has 2 aromatic heterocycles. The third kappa shape index (κ3) is 2.46. The Morgan fingerprint density at radius 1 is 1.31 bits per heavy atom. The molecule has 4 nitrogen and oxygen atoms in total. The molecule has 1 N–H and O–H groups in total. The van der Waals surface area contributed by atoms with Crippen molar-refractivity contribution in [3.8, 4) is 0 Å². The molecule has 0 fully saturated rings.